The summed E-state index contributed by atoms with van der Waals surface area (Å²) in [5, 5.41) is 0. The van der Waals surface area contributed by atoms with Crippen LogP contribution in [-0.4, -0.2) is 14.3 Å². The molecule has 3 aromatic carbocycles. The Kier molecular flexibility index (Phi) is 5.52. The molecule has 0 aliphatic heterocycles. The topological polar surface area (TPSA) is 54.5 Å². The van der Waals surface area contributed by atoms with E-state index in [1.54, 1.807) is 48.5 Å². The second-order valence-corrected chi connectivity index (χ2v) is 7.79. The smallest absolute Gasteiger partial charge is 0.268 e. The fourth-order valence-corrected chi connectivity index (χ4v) is 3.97. The van der Waals surface area contributed by atoms with E-state index in [2.05, 4.69) is 0 Å². The van der Waals surface area contributed by atoms with Gasteiger partial charge >= 0.3 is 0 Å². The van der Waals surface area contributed by atoms with Gasteiger partial charge in [-0.3, -0.25) is 4.79 Å². The summed E-state index contributed by atoms with van der Waals surface area (Å²) >= 11 is 0. The van der Waals surface area contributed by atoms with Crippen LogP contribution in [0.5, 0.6) is 0 Å². The zero-order valence-corrected chi connectivity index (χ0v) is 15.6. The number of nitrogens with zero attached hydrogens (tertiary/aromatic N) is 1. The van der Waals surface area contributed by atoms with Gasteiger partial charge in [0.1, 0.15) is 0 Å². The number of carbonyl (C=O) groups is 1. The van der Waals surface area contributed by atoms with Gasteiger partial charge in [-0.2, -0.15) is 4.31 Å². The van der Waals surface area contributed by atoms with Crippen LogP contribution in [-0.2, 0) is 14.8 Å². The molecule has 0 fully saturated rings. The predicted molar refractivity (Wildman–Crippen MR) is 108 cm³/mol. The molecule has 0 atom stereocenters. The molecule has 0 aliphatic carbocycles. The number of hydrogen-bond acceptors (Lipinski definition) is 3. The Hall–Kier alpha value is -3.18. The Morgan fingerprint density at radius 3 is 1.96 bits per heavy atom. The molecule has 0 N–H and O–H groups in total. The Balaban J connectivity index is 2.04. The van der Waals surface area contributed by atoms with Gasteiger partial charge in [0.15, 0.2) is 0 Å². The van der Waals surface area contributed by atoms with Crippen LogP contribution in [0.1, 0.15) is 11.1 Å². The van der Waals surface area contributed by atoms with E-state index >= 15 is 0 Å². The minimum Gasteiger partial charge on any atom is -0.268 e. The first-order chi connectivity index (χ1) is 13.0. The molecular weight excluding hydrogens is 358 g/mol. The molecule has 0 aromatic heterocycles. The maximum Gasteiger partial charge on any atom is 0.271 e. The van der Waals surface area contributed by atoms with Crippen LogP contribution in [0.2, 0.25) is 0 Å². The lowest BCUT2D eigenvalue weighted by Crippen LogP contribution is -2.35. The van der Waals surface area contributed by atoms with E-state index < -0.39 is 15.9 Å². The maximum atomic E-state index is 13.1. The zero-order chi connectivity index (χ0) is 19.3. The molecule has 1 amide bonds. The van der Waals surface area contributed by atoms with Gasteiger partial charge in [-0.15, -0.1) is 0 Å². The standard InChI is InChI=1S/C22H19NO3S/c1-18-12-15-20(16-13-18)23(27(25,26)21-10-6-3-7-11-21)22(24)17-14-19-8-4-2-5-9-19/h2-17H,1H3/b17-14+. The summed E-state index contributed by atoms with van der Waals surface area (Å²) in [6.45, 7) is 1.90. The van der Waals surface area contributed by atoms with E-state index in [0.29, 0.717) is 5.69 Å². The summed E-state index contributed by atoms with van der Waals surface area (Å²) in [7, 11) is -4.04. The molecule has 0 aliphatic rings. The van der Waals surface area contributed by atoms with Crippen molar-refractivity contribution in [1.82, 2.24) is 0 Å². The highest BCUT2D eigenvalue weighted by Gasteiger charge is 2.29. The molecule has 0 bridgehead atoms. The Labute approximate surface area is 159 Å². The Morgan fingerprint density at radius 2 is 1.37 bits per heavy atom. The number of amides is 1. The lowest BCUT2D eigenvalue weighted by atomic mass is 10.2. The average molecular weight is 377 g/mol. The van der Waals surface area contributed by atoms with Crippen LogP contribution >= 0.6 is 0 Å². The van der Waals surface area contributed by atoms with Gasteiger partial charge in [0, 0.05) is 6.08 Å². The summed E-state index contributed by atoms with van der Waals surface area (Å²) in [5.41, 5.74) is 2.09. The van der Waals surface area contributed by atoms with Gasteiger partial charge < -0.3 is 0 Å². The van der Waals surface area contributed by atoms with Crippen molar-refractivity contribution in [3.63, 3.8) is 0 Å². The summed E-state index contributed by atoms with van der Waals surface area (Å²) in [6, 6.07) is 24.0. The number of anilines is 1. The quantitative estimate of drug-likeness (QED) is 0.618. The SMILES string of the molecule is Cc1ccc(N(C(=O)/C=C/c2ccccc2)S(=O)(=O)c2ccccc2)cc1. The van der Waals surface area contributed by atoms with Crippen molar-refractivity contribution in [2.45, 2.75) is 11.8 Å². The second kappa shape index (κ2) is 8.01. The van der Waals surface area contributed by atoms with Gasteiger partial charge in [0.05, 0.1) is 10.6 Å². The Morgan fingerprint density at radius 1 is 0.815 bits per heavy atom. The first kappa shape index (κ1) is 18.6. The van der Waals surface area contributed by atoms with E-state index in [4.69, 9.17) is 0 Å². The van der Waals surface area contributed by atoms with Crippen LogP contribution in [0.4, 0.5) is 5.69 Å². The summed E-state index contributed by atoms with van der Waals surface area (Å²) in [6.07, 6.45) is 2.87. The van der Waals surface area contributed by atoms with E-state index in [-0.39, 0.29) is 4.90 Å². The molecule has 0 heterocycles. The summed E-state index contributed by atoms with van der Waals surface area (Å²) in [4.78, 5) is 12.9. The molecule has 5 heteroatoms. The summed E-state index contributed by atoms with van der Waals surface area (Å²) in [5.74, 6) is -0.633. The molecular formula is C22H19NO3S. The predicted octanol–water partition coefficient (Wildman–Crippen LogP) is 4.43. The van der Waals surface area contributed by atoms with Gasteiger partial charge in [0.2, 0.25) is 0 Å². The number of carbonyl (C=O) groups excluding carboxylic acids is 1. The fraction of sp³-hybridized carbons (Fsp3) is 0.0455. The lowest BCUT2D eigenvalue weighted by Gasteiger charge is -2.21. The maximum absolute atomic E-state index is 13.1. The van der Waals surface area contributed by atoms with Crippen LogP contribution in [0.25, 0.3) is 6.08 Å². The van der Waals surface area contributed by atoms with Gasteiger partial charge in [-0.1, -0.05) is 66.2 Å². The van der Waals surface area contributed by atoms with Crippen LogP contribution in [0, 0.1) is 6.92 Å². The monoisotopic (exact) mass is 377 g/mol. The molecule has 4 nitrogen and oxygen atoms in total. The van der Waals surface area contributed by atoms with E-state index in [0.717, 1.165) is 15.4 Å². The highest BCUT2D eigenvalue weighted by Crippen LogP contribution is 2.25. The van der Waals surface area contributed by atoms with Gasteiger partial charge in [0.25, 0.3) is 15.9 Å². The van der Waals surface area contributed by atoms with Crippen molar-refractivity contribution in [2.75, 3.05) is 4.31 Å². The van der Waals surface area contributed by atoms with Crippen LogP contribution in [0.3, 0.4) is 0 Å². The highest BCUT2D eigenvalue weighted by molar-refractivity contribution is 7.93. The molecule has 27 heavy (non-hydrogen) atoms. The fourth-order valence-electron chi connectivity index (χ4n) is 2.56. The number of rotatable bonds is 5. The zero-order valence-electron chi connectivity index (χ0n) is 14.8. The second-order valence-electron chi connectivity index (χ2n) is 6.00. The molecule has 0 radical (unpaired) electrons. The molecule has 3 rings (SSSR count). The van der Waals surface area contributed by atoms with Crippen molar-refractivity contribution < 1.29 is 13.2 Å². The van der Waals surface area contributed by atoms with Crippen LogP contribution < -0.4 is 4.31 Å². The van der Waals surface area contributed by atoms with Crippen molar-refractivity contribution in [2.24, 2.45) is 0 Å². The Bertz CT molecular complexity index is 1040. The first-order valence-electron chi connectivity index (χ1n) is 8.42. The molecule has 0 unspecified atom stereocenters. The third-order valence-electron chi connectivity index (χ3n) is 3.97. The minimum absolute atomic E-state index is 0.0621. The van der Waals surface area contributed by atoms with E-state index in [9.17, 15) is 13.2 Å². The number of hydrogen-bond donors (Lipinski definition) is 0. The summed E-state index contributed by atoms with van der Waals surface area (Å²) < 4.78 is 27.1. The lowest BCUT2D eigenvalue weighted by molar-refractivity contribution is -0.113. The van der Waals surface area contributed by atoms with Crippen molar-refractivity contribution in [3.05, 3.63) is 102 Å². The van der Waals surface area contributed by atoms with E-state index in [1.165, 1.54) is 18.2 Å². The van der Waals surface area contributed by atoms with Gasteiger partial charge in [-0.25, -0.2) is 8.42 Å². The van der Waals surface area contributed by atoms with Gasteiger partial charge in [-0.05, 0) is 42.8 Å². The van der Waals surface area contributed by atoms with Crippen molar-refractivity contribution in [1.29, 1.82) is 0 Å². The van der Waals surface area contributed by atoms with Crippen LogP contribution in [0.15, 0.2) is 95.9 Å². The number of aryl methyl sites for hydroxylation is 1. The largest absolute Gasteiger partial charge is 0.271 e. The molecule has 0 saturated carbocycles. The number of sulfonamides is 1. The highest BCUT2D eigenvalue weighted by atomic mass is 32.2. The molecule has 136 valence electrons. The molecule has 0 saturated heterocycles. The normalized spacial score (nSPS) is 11.4. The third kappa shape index (κ3) is 4.33. The van der Waals surface area contributed by atoms with Crippen molar-refractivity contribution >= 4 is 27.7 Å². The van der Waals surface area contributed by atoms with Crippen molar-refractivity contribution in [3.8, 4) is 0 Å². The minimum atomic E-state index is -4.04. The average Bonchev–Trinajstić information content (AvgIpc) is 2.69. The third-order valence-corrected chi connectivity index (χ3v) is 5.71. The van der Waals surface area contributed by atoms with E-state index in [1.807, 2.05) is 37.3 Å². The molecule has 0 spiro atoms. The molecule has 3 aromatic rings. The number of benzene rings is 3. The first-order valence-corrected chi connectivity index (χ1v) is 9.86.